The maximum Gasteiger partial charge on any atom is 0.0633 e. The fourth-order valence-corrected chi connectivity index (χ4v) is 11.8. The average molecular weight is 828 g/mol. The van der Waals surface area contributed by atoms with Gasteiger partial charge in [-0.15, -0.1) is 0 Å². The van der Waals surface area contributed by atoms with Gasteiger partial charge >= 0.3 is 0 Å². The first kappa shape index (κ1) is 36.2. The molecule has 0 fully saturated rings. The van der Waals surface area contributed by atoms with Crippen LogP contribution in [0.2, 0.25) is 0 Å². The van der Waals surface area contributed by atoms with Crippen molar-refractivity contribution in [3.05, 3.63) is 229 Å². The van der Waals surface area contributed by atoms with Crippen molar-refractivity contribution in [1.82, 2.24) is 8.97 Å². The van der Waals surface area contributed by atoms with Crippen molar-refractivity contribution >= 4 is 92.9 Å². The van der Waals surface area contributed by atoms with Crippen LogP contribution in [0.15, 0.2) is 206 Å². The molecule has 0 saturated heterocycles. The number of hydrogen-bond donors (Lipinski definition) is 1. The molecule has 10 aromatic carbocycles. The molecular formula is C62H41N3. The Morgan fingerprint density at radius 3 is 1.95 bits per heavy atom. The van der Waals surface area contributed by atoms with E-state index in [0.717, 1.165) is 33.2 Å². The predicted molar refractivity (Wildman–Crippen MR) is 275 cm³/mol. The highest BCUT2D eigenvalue weighted by atomic mass is 15.0. The number of nitrogens with zero attached hydrogens (tertiary/aromatic N) is 2. The Balaban J connectivity index is 0.941. The standard InChI is InChI=1S/C62H41N3/c1-62(2)52-31-26-39(34-50(52)47-29-28-45-46(60(47)62)30-33-57-59(45)49-23-13-22-48-43-19-8-11-25-55(43)65(57)61(48)49)40-27-32-56-51(35-40)44-20-9-10-24-54(44)64(56)58(36-53(63)38-15-4-3-5-16-38)42-21-12-17-37-14-6-7-18-41(37)42/h3-36,63H,1-2H3/b58-36-,63-53?. The van der Waals surface area contributed by atoms with Crippen LogP contribution in [0.4, 0.5) is 0 Å². The number of hydrogen-bond acceptors (Lipinski definition) is 1. The van der Waals surface area contributed by atoms with Gasteiger partial charge in [-0.25, -0.2) is 0 Å². The topological polar surface area (TPSA) is 33.2 Å². The van der Waals surface area contributed by atoms with Gasteiger partial charge in [-0.1, -0.05) is 178 Å². The third-order valence-corrected chi connectivity index (χ3v) is 14.7. The van der Waals surface area contributed by atoms with Crippen molar-refractivity contribution in [2.24, 2.45) is 0 Å². The van der Waals surface area contributed by atoms with Gasteiger partial charge in [0.25, 0.3) is 0 Å². The highest BCUT2D eigenvalue weighted by Gasteiger charge is 2.37. The molecular weight excluding hydrogens is 787 g/mol. The number of aromatic nitrogens is 2. The molecule has 0 spiro atoms. The van der Waals surface area contributed by atoms with Crippen LogP contribution < -0.4 is 0 Å². The molecule has 14 rings (SSSR count). The van der Waals surface area contributed by atoms with Gasteiger partial charge < -0.3 is 14.4 Å². The largest absolute Gasteiger partial charge is 0.309 e. The van der Waals surface area contributed by atoms with Gasteiger partial charge in [0.05, 0.1) is 39.0 Å². The van der Waals surface area contributed by atoms with Crippen LogP contribution in [0.5, 0.6) is 0 Å². The van der Waals surface area contributed by atoms with Crippen molar-refractivity contribution in [2.75, 3.05) is 0 Å². The molecule has 3 aromatic heterocycles. The summed E-state index contributed by atoms with van der Waals surface area (Å²) in [6.07, 6.45) is 2.05. The van der Waals surface area contributed by atoms with Gasteiger partial charge in [0.2, 0.25) is 0 Å². The van der Waals surface area contributed by atoms with Gasteiger partial charge in [-0.3, -0.25) is 0 Å². The minimum absolute atomic E-state index is 0.182. The lowest BCUT2D eigenvalue weighted by atomic mass is 9.79. The first-order chi connectivity index (χ1) is 31.9. The van der Waals surface area contributed by atoms with Crippen LogP contribution in [-0.4, -0.2) is 14.7 Å². The molecule has 0 amide bonds. The molecule has 0 aliphatic heterocycles. The van der Waals surface area contributed by atoms with Crippen molar-refractivity contribution in [3.63, 3.8) is 0 Å². The van der Waals surface area contributed by atoms with E-state index < -0.39 is 0 Å². The zero-order chi connectivity index (χ0) is 43.1. The molecule has 3 heteroatoms. The molecule has 0 saturated carbocycles. The van der Waals surface area contributed by atoms with Crippen LogP contribution >= 0.6 is 0 Å². The lowest BCUT2D eigenvalue weighted by Gasteiger charge is -2.23. The summed E-state index contributed by atoms with van der Waals surface area (Å²) < 4.78 is 4.86. The quantitative estimate of drug-likeness (QED) is 0.168. The smallest absolute Gasteiger partial charge is 0.0633 e. The summed E-state index contributed by atoms with van der Waals surface area (Å²) in [6.45, 7) is 4.81. The van der Waals surface area contributed by atoms with Gasteiger partial charge in [0.15, 0.2) is 0 Å². The number of allylic oxidation sites excluding steroid dienone is 1. The number of para-hydroxylation sites is 3. The molecule has 65 heavy (non-hydrogen) atoms. The third kappa shape index (κ3) is 4.93. The van der Waals surface area contributed by atoms with E-state index in [4.69, 9.17) is 0 Å². The Morgan fingerprint density at radius 2 is 1.09 bits per heavy atom. The minimum Gasteiger partial charge on any atom is -0.309 e. The molecule has 0 bridgehead atoms. The first-order valence-corrected chi connectivity index (χ1v) is 22.6. The molecule has 1 N–H and O–H groups in total. The molecule has 0 atom stereocenters. The lowest BCUT2D eigenvalue weighted by Crippen LogP contribution is -2.15. The monoisotopic (exact) mass is 827 g/mol. The SMILES string of the molecule is CC1(C)c2ccc(-c3ccc4c(c3)c3ccccc3n4/C(=C\C(=N)c3ccccc3)c3cccc4ccccc34)cc2-c2ccc3c(ccc4c3c3cccc5c6ccccc6n4c53)c21. The summed E-state index contributed by atoms with van der Waals surface area (Å²) >= 11 is 0. The molecule has 13 aromatic rings. The van der Waals surface area contributed by atoms with Crippen LogP contribution in [-0.2, 0) is 5.41 Å². The summed E-state index contributed by atoms with van der Waals surface area (Å²) in [5, 5.41) is 22.0. The van der Waals surface area contributed by atoms with Gasteiger partial charge in [0.1, 0.15) is 0 Å². The normalized spacial score (nSPS) is 13.7. The predicted octanol–water partition coefficient (Wildman–Crippen LogP) is 16.2. The first-order valence-electron chi connectivity index (χ1n) is 22.6. The summed E-state index contributed by atoms with van der Waals surface area (Å²) in [7, 11) is 0. The number of rotatable bonds is 5. The molecule has 0 radical (unpaired) electrons. The fraction of sp³-hybridized carbons (Fsp3) is 0.0484. The van der Waals surface area contributed by atoms with Crippen molar-refractivity contribution in [3.8, 4) is 22.3 Å². The second-order valence-corrected chi connectivity index (χ2v) is 18.4. The van der Waals surface area contributed by atoms with Gasteiger partial charge in [0, 0.05) is 43.3 Å². The van der Waals surface area contributed by atoms with Crippen LogP contribution in [0.1, 0.15) is 36.1 Å². The van der Waals surface area contributed by atoms with Gasteiger partial charge in [-0.2, -0.15) is 0 Å². The minimum atomic E-state index is -0.182. The molecule has 0 unspecified atom stereocenters. The van der Waals surface area contributed by atoms with E-state index in [2.05, 4.69) is 199 Å². The molecule has 1 aliphatic carbocycles. The molecule has 1 aliphatic rings. The van der Waals surface area contributed by atoms with Crippen LogP contribution in [0.3, 0.4) is 0 Å². The maximum absolute atomic E-state index is 9.38. The summed E-state index contributed by atoms with van der Waals surface area (Å²) in [6, 6.07) is 73.1. The molecule has 304 valence electrons. The Morgan fingerprint density at radius 1 is 0.462 bits per heavy atom. The number of fused-ring (bicyclic) bond motifs is 16. The van der Waals surface area contributed by atoms with Crippen molar-refractivity contribution in [1.29, 1.82) is 5.41 Å². The van der Waals surface area contributed by atoms with Crippen molar-refractivity contribution in [2.45, 2.75) is 19.3 Å². The zero-order valence-electron chi connectivity index (χ0n) is 36.0. The van der Waals surface area contributed by atoms with E-state index in [0.29, 0.717) is 5.71 Å². The Bertz CT molecular complexity index is 4210. The van der Waals surface area contributed by atoms with Crippen molar-refractivity contribution < 1.29 is 0 Å². The highest BCUT2D eigenvalue weighted by molar-refractivity contribution is 6.29. The number of benzene rings is 10. The highest BCUT2D eigenvalue weighted by Crippen LogP contribution is 2.54. The van der Waals surface area contributed by atoms with E-state index in [9.17, 15) is 5.41 Å². The lowest BCUT2D eigenvalue weighted by molar-refractivity contribution is 0.666. The number of nitrogens with one attached hydrogen (secondary N) is 1. The average Bonchev–Trinajstić information content (AvgIpc) is 4.06. The Hall–Kier alpha value is -8.27. The van der Waals surface area contributed by atoms with Gasteiger partial charge in [-0.05, 0) is 103 Å². The summed E-state index contributed by atoms with van der Waals surface area (Å²) in [4.78, 5) is 0. The molecule has 3 nitrogen and oxygen atoms in total. The third-order valence-electron chi connectivity index (χ3n) is 14.7. The molecule has 3 heterocycles. The van der Waals surface area contributed by atoms with E-state index >= 15 is 0 Å². The van der Waals surface area contributed by atoms with E-state index in [1.165, 1.54) is 98.4 Å². The summed E-state index contributed by atoms with van der Waals surface area (Å²) in [5.41, 5.74) is 17.1. The Labute approximate surface area is 375 Å². The summed E-state index contributed by atoms with van der Waals surface area (Å²) in [5.74, 6) is 0. The van der Waals surface area contributed by atoms with E-state index in [1.807, 2.05) is 30.3 Å². The Kier molecular flexibility index (Phi) is 7.32. The van der Waals surface area contributed by atoms with E-state index in [1.54, 1.807) is 0 Å². The van der Waals surface area contributed by atoms with E-state index in [-0.39, 0.29) is 5.41 Å². The second-order valence-electron chi connectivity index (χ2n) is 18.4. The maximum atomic E-state index is 9.38. The zero-order valence-corrected chi connectivity index (χ0v) is 36.0. The van der Waals surface area contributed by atoms with Crippen LogP contribution in [0, 0.1) is 5.41 Å². The second kappa shape index (κ2) is 13.1. The fourth-order valence-electron chi connectivity index (χ4n) is 11.8. The van der Waals surface area contributed by atoms with Crippen LogP contribution in [0.25, 0.3) is 109 Å².